The SMILES string of the molecule is CCOc1cc(/C=C2\SC(=O)N(Cc3cccc(C)c3)C2=O)cc(Br)c1OCc1ccccc1. The van der Waals surface area contributed by atoms with E-state index in [4.69, 9.17) is 9.47 Å². The molecule has 1 saturated heterocycles. The molecular formula is C27H24BrNO4S. The fraction of sp³-hybridized carbons (Fsp3) is 0.185. The number of nitrogens with zero attached hydrogens (tertiary/aromatic N) is 1. The molecule has 1 heterocycles. The zero-order chi connectivity index (χ0) is 24.1. The standard InChI is InChI=1S/C27H24BrNO4S/c1-3-32-23-14-21(13-22(28)25(23)33-17-19-9-5-4-6-10-19)15-24-26(30)29(27(31)34-24)16-20-11-7-8-18(2)12-20/h4-15H,3,16-17H2,1-2H3/b24-15-. The summed E-state index contributed by atoms with van der Waals surface area (Å²) >= 11 is 4.53. The Morgan fingerprint density at radius 2 is 1.74 bits per heavy atom. The summed E-state index contributed by atoms with van der Waals surface area (Å²) in [5, 5.41) is -0.273. The van der Waals surface area contributed by atoms with Crippen molar-refractivity contribution in [3.05, 3.63) is 98.4 Å². The van der Waals surface area contributed by atoms with Gasteiger partial charge in [0.1, 0.15) is 6.61 Å². The van der Waals surface area contributed by atoms with E-state index in [0.717, 1.165) is 34.0 Å². The van der Waals surface area contributed by atoms with E-state index < -0.39 is 0 Å². The van der Waals surface area contributed by atoms with Gasteiger partial charge in [-0.3, -0.25) is 14.5 Å². The molecule has 3 aromatic rings. The lowest BCUT2D eigenvalue weighted by atomic mass is 10.1. The number of carbonyl (C=O) groups excluding carboxylic acids is 2. The van der Waals surface area contributed by atoms with Gasteiger partial charge in [-0.2, -0.15) is 0 Å². The Hall–Kier alpha value is -3.03. The van der Waals surface area contributed by atoms with Crippen LogP contribution in [-0.4, -0.2) is 22.7 Å². The van der Waals surface area contributed by atoms with Crippen LogP contribution in [0.1, 0.15) is 29.2 Å². The Kier molecular flexibility index (Phi) is 7.75. The van der Waals surface area contributed by atoms with E-state index in [-0.39, 0.29) is 17.7 Å². The Bertz CT molecular complexity index is 1240. The zero-order valence-corrected chi connectivity index (χ0v) is 21.3. The second kappa shape index (κ2) is 10.9. The van der Waals surface area contributed by atoms with Crippen molar-refractivity contribution < 1.29 is 19.1 Å². The van der Waals surface area contributed by atoms with Crippen molar-refractivity contribution in [3.8, 4) is 11.5 Å². The lowest BCUT2D eigenvalue weighted by molar-refractivity contribution is -0.123. The van der Waals surface area contributed by atoms with Gasteiger partial charge in [0.15, 0.2) is 11.5 Å². The second-order valence-corrected chi connectivity index (χ2v) is 9.64. The normalized spacial score (nSPS) is 14.7. The first kappa shape index (κ1) is 24.1. The number of benzene rings is 3. The van der Waals surface area contributed by atoms with Gasteiger partial charge in [-0.1, -0.05) is 60.2 Å². The number of amides is 2. The molecule has 3 aromatic carbocycles. The van der Waals surface area contributed by atoms with Crippen LogP contribution < -0.4 is 9.47 Å². The first-order valence-corrected chi connectivity index (χ1v) is 12.5. The number of hydrogen-bond acceptors (Lipinski definition) is 5. The van der Waals surface area contributed by atoms with Crippen molar-refractivity contribution >= 4 is 44.9 Å². The average molecular weight is 538 g/mol. The summed E-state index contributed by atoms with van der Waals surface area (Å²) in [4.78, 5) is 27.2. The molecule has 0 aromatic heterocycles. The number of halogens is 1. The van der Waals surface area contributed by atoms with Gasteiger partial charge in [0, 0.05) is 0 Å². The lowest BCUT2D eigenvalue weighted by Gasteiger charge is -2.15. The molecule has 5 nitrogen and oxygen atoms in total. The maximum atomic E-state index is 13.0. The number of thioether (sulfide) groups is 1. The number of rotatable bonds is 8. The van der Waals surface area contributed by atoms with Crippen LogP contribution in [-0.2, 0) is 17.9 Å². The van der Waals surface area contributed by atoms with Gasteiger partial charge >= 0.3 is 0 Å². The van der Waals surface area contributed by atoms with E-state index >= 15 is 0 Å². The molecule has 1 aliphatic heterocycles. The van der Waals surface area contributed by atoms with E-state index in [9.17, 15) is 9.59 Å². The van der Waals surface area contributed by atoms with Crippen LogP contribution in [0.25, 0.3) is 6.08 Å². The maximum Gasteiger partial charge on any atom is 0.293 e. The highest BCUT2D eigenvalue weighted by molar-refractivity contribution is 9.10. The number of hydrogen-bond donors (Lipinski definition) is 0. The van der Waals surface area contributed by atoms with Gasteiger partial charge in [-0.25, -0.2) is 0 Å². The number of carbonyl (C=O) groups is 2. The van der Waals surface area contributed by atoms with Crippen LogP contribution in [0.2, 0.25) is 0 Å². The second-order valence-electron chi connectivity index (χ2n) is 7.79. The quantitative estimate of drug-likeness (QED) is 0.290. The van der Waals surface area contributed by atoms with Crippen LogP contribution in [0.3, 0.4) is 0 Å². The Balaban J connectivity index is 1.55. The monoisotopic (exact) mass is 537 g/mol. The predicted molar refractivity (Wildman–Crippen MR) is 139 cm³/mol. The number of aryl methyl sites for hydroxylation is 1. The molecule has 1 aliphatic rings. The van der Waals surface area contributed by atoms with Crippen LogP contribution in [0.4, 0.5) is 4.79 Å². The smallest absolute Gasteiger partial charge is 0.293 e. The van der Waals surface area contributed by atoms with Crippen LogP contribution in [0.15, 0.2) is 76.1 Å². The van der Waals surface area contributed by atoms with Crippen molar-refractivity contribution in [2.45, 2.75) is 27.0 Å². The summed E-state index contributed by atoms with van der Waals surface area (Å²) in [6.07, 6.45) is 1.72. The van der Waals surface area contributed by atoms with E-state index in [0.29, 0.717) is 34.1 Å². The Morgan fingerprint density at radius 1 is 0.971 bits per heavy atom. The fourth-order valence-corrected chi connectivity index (χ4v) is 5.00. The van der Waals surface area contributed by atoms with Gasteiger partial charge in [0.2, 0.25) is 0 Å². The van der Waals surface area contributed by atoms with E-state index in [1.54, 1.807) is 6.08 Å². The summed E-state index contributed by atoms with van der Waals surface area (Å²) in [5.41, 5.74) is 3.79. The van der Waals surface area contributed by atoms with Gasteiger partial charge in [0.25, 0.3) is 11.1 Å². The summed E-state index contributed by atoms with van der Waals surface area (Å²) in [6, 6.07) is 21.4. The summed E-state index contributed by atoms with van der Waals surface area (Å²) in [7, 11) is 0. The van der Waals surface area contributed by atoms with Crippen LogP contribution in [0.5, 0.6) is 11.5 Å². The number of ether oxygens (including phenoxy) is 2. The zero-order valence-electron chi connectivity index (χ0n) is 18.9. The average Bonchev–Trinajstić information content (AvgIpc) is 3.07. The van der Waals surface area contributed by atoms with Crippen molar-refractivity contribution in [2.75, 3.05) is 6.61 Å². The third-order valence-electron chi connectivity index (χ3n) is 5.15. The minimum atomic E-state index is -0.296. The molecule has 0 unspecified atom stereocenters. The molecular weight excluding hydrogens is 514 g/mol. The molecule has 7 heteroatoms. The predicted octanol–water partition coefficient (Wildman–Crippen LogP) is 6.97. The summed E-state index contributed by atoms with van der Waals surface area (Å²) < 4.78 is 12.6. The van der Waals surface area contributed by atoms with Crippen molar-refractivity contribution in [3.63, 3.8) is 0 Å². The van der Waals surface area contributed by atoms with Crippen LogP contribution >= 0.6 is 27.7 Å². The topological polar surface area (TPSA) is 55.8 Å². The molecule has 1 fully saturated rings. The molecule has 0 radical (unpaired) electrons. The minimum Gasteiger partial charge on any atom is -0.490 e. The molecule has 0 atom stereocenters. The van der Waals surface area contributed by atoms with Gasteiger partial charge in [0.05, 0.1) is 22.5 Å². The number of imide groups is 1. The van der Waals surface area contributed by atoms with Gasteiger partial charge in [-0.05, 0) is 76.4 Å². The molecule has 34 heavy (non-hydrogen) atoms. The van der Waals surface area contributed by atoms with E-state index in [2.05, 4.69) is 15.9 Å². The minimum absolute atomic E-state index is 0.254. The third-order valence-corrected chi connectivity index (χ3v) is 6.65. The molecule has 174 valence electrons. The van der Waals surface area contributed by atoms with Crippen molar-refractivity contribution in [1.82, 2.24) is 4.90 Å². The molecule has 0 bridgehead atoms. The van der Waals surface area contributed by atoms with Gasteiger partial charge < -0.3 is 9.47 Å². The fourth-order valence-electron chi connectivity index (χ4n) is 3.58. The first-order chi connectivity index (χ1) is 16.4. The van der Waals surface area contributed by atoms with Crippen molar-refractivity contribution in [1.29, 1.82) is 0 Å². The van der Waals surface area contributed by atoms with Gasteiger partial charge in [-0.15, -0.1) is 0 Å². The third kappa shape index (κ3) is 5.72. The Labute approximate surface area is 211 Å². The molecule has 0 saturated carbocycles. The summed E-state index contributed by atoms with van der Waals surface area (Å²) in [6.45, 7) is 5.00. The first-order valence-electron chi connectivity index (χ1n) is 10.9. The highest BCUT2D eigenvalue weighted by Crippen LogP contribution is 2.40. The largest absolute Gasteiger partial charge is 0.490 e. The summed E-state index contributed by atoms with van der Waals surface area (Å²) in [5.74, 6) is 0.864. The maximum absolute atomic E-state index is 13.0. The highest BCUT2D eigenvalue weighted by atomic mass is 79.9. The molecule has 4 rings (SSSR count). The molecule has 0 spiro atoms. The van der Waals surface area contributed by atoms with Crippen molar-refractivity contribution in [2.24, 2.45) is 0 Å². The molecule has 2 amide bonds. The molecule has 0 aliphatic carbocycles. The van der Waals surface area contributed by atoms with E-state index in [1.807, 2.05) is 80.6 Å². The van der Waals surface area contributed by atoms with E-state index in [1.165, 1.54) is 4.90 Å². The van der Waals surface area contributed by atoms with Crippen LogP contribution in [0, 0.1) is 6.92 Å². The highest BCUT2D eigenvalue weighted by Gasteiger charge is 2.35. The lowest BCUT2D eigenvalue weighted by Crippen LogP contribution is -2.27. The molecule has 0 N–H and O–H groups in total. The Morgan fingerprint density at radius 3 is 2.47 bits per heavy atom.